The number of hydrogen-bond acceptors (Lipinski definition) is 6. The zero-order chi connectivity index (χ0) is 19.6. The number of nitrogens with zero attached hydrogens (tertiary/aromatic N) is 1. The first-order chi connectivity index (χ1) is 12.9. The summed E-state index contributed by atoms with van der Waals surface area (Å²) in [7, 11) is 0. The summed E-state index contributed by atoms with van der Waals surface area (Å²) in [4.78, 5) is 23.1. The van der Waals surface area contributed by atoms with Gasteiger partial charge in [-0.1, -0.05) is 36.4 Å². The van der Waals surface area contributed by atoms with Gasteiger partial charge in [0.15, 0.2) is 17.2 Å². The molecule has 0 aliphatic rings. The number of rotatable bonds is 4. The fourth-order valence-electron chi connectivity index (χ4n) is 2.53. The van der Waals surface area contributed by atoms with Crippen molar-refractivity contribution in [1.82, 2.24) is 0 Å². The summed E-state index contributed by atoms with van der Waals surface area (Å²) in [5.74, 6) is -2.93. The average Bonchev–Trinajstić information content (AvgIpc) is 2.66. The minimum atomic E-state index is -0.795. The maximum Gasteiger partial charge on any atom is 0.293 e. The third kappa shape index (κ3) is 3.64. The lowest BCUT2D eigenvalue weighted by Gasteiger charge is -2.09. The summed E-state index contributed by atoms with van der Waals surface area (Å²) < 4.78 is 0. The zero-order valence-electron chi connectivity index (χ0n) is 13.8. The summed E-state index contributed by atoms with van der Waals surface area (Å²) in [6.45, 7) is 0. The van der Waals surface area contributed by atoms with Crippen LogP contribution >= 0.6 is 0 Å². The third-order valence-corrected chi connectivity index (χ3v) is 3.88. The van der Waals surface area contributed by atoms with E-state index in [9.17, 15) is 30.2 Å². The molecule has 0 spiro atoms. The van der Waals surface area contributed by atoms with Gasteiger partial charge in [-0.3, -0.25) is 14.9 Å². The van der Waals surface area contributed by atoms with E-state index in [2.05, 4.69) is 5.32 Å². The molecule has 0 radical (unpaired) electrons. The Kier molecular flexibility index (Phi) is 4.63. The van der Waals surface area contributed by atoms with Gasteiger partial charge in [0.05, 0.1) is 4.92 Å². The van der Waals surface area contributed by atoms with Crippen LogP contribution in [0.4, 0.5) is 11.4 Å². The second kappa shape index (κ2) is 7.04. The van der Waals surface area contributed by atoms with Crippen LogP contribution in [0.5, 0.6) is 17.2 Å². The lowest BCUT2D eigenvalue weighted by Crippen LogP contribution is -2.13. The Hall–Kier alpha value is -4.07. The molecular formula is C19H14N2O6. The van der Waals surface area contributed by atoms with Gasteiger partial charge in [0.2, 0.25) is 0 Å². The molecule has 0 aliphatic carbocycles. The number of benzene rings is 3. The minimum absolute atomic E-state index is 0.0447. The van der Waals surface area contributed by atoms with Gasteiger partial charge in [-0.15, -0.1) is 0 Å². The van der Waals surface area contributed by atoms with Crippen molar-refractivity contribution >= 4 is 17.3 Å². The molecule has 3 aromatic rings. The molecule has 0 aliphatic heterocycles. The number of amides is 1. The van der Waals surface area contributed by atoms with E-state index >= 15 is 0 Å². The highest BCUT2D eigenvalue weighted by molar-refractivity contribution is 6.06. The standard InChI is InChI=1S/C19H14N2O6/c22-16-9-13(10-17(23)18(16)24)19(25)20-14-7-6-12(8-15(14)21(26)27)11-4-2-1-3-5-11/h1-10,22-24H,(H,20,25). The van der Waals surface area contributed by atoms with Crippen molar-refractivity contribution in [2.75, 3.05) is 5.32 Å². The van der Waals surface area contributed by atoms with Gasteiger partial charge in [0, 0.05) is 11.6 Å². The largest absolute Gasteiger partial charge is 0.504 e. The van der Waals surface area contributed by atoms with Gasteiger partial charge in [0.25, 0.3) is 11.6 Å². The van der Waals surface area contributed by atoms with Crippen LogP contribution in [0.2, 0.25) is 0 Å². The van der Waals surface area contributed by atoms with Gasteiger partial charge in [0.1, 0.15) is 5.69 Å². The molecule has 0 heterocycles. The Balaban J connectivity index is 1.95. The number of nitro groups is 1. The Morgan fingerprint density at radius 1 is 0.889 bits per heavy atom. The van der Waals surface area contributed by atoms with Crippen LogP contribution in [0.3, 0.4) is 0 Å². The Morgan fingerprint density at radius 3 is 2.11 bits per heavy atom. The highest BCUT2D eigenvalue weighted by atomic mass is 16.6. The molecule has 8 nitrogen and oxygen atoms in total. The van der Waals surface area contributed by atoms with Crippen LogP contribution in [-0.4, -0.2) is 26.2 Å². The Bertz CT molecular complexity index is 1010. The highest BCUT2D eigenvalue weighted by Gasteiger charge is 2.19. The molecule has 0 unspecified atom stereocenters. The summed E-state index contributed by atoms with van der Waals surface area (Å²) in [5, 5.41) is 42.1. The van der Waals surface area contributed by atoms with E-state index in [1.807, 2.05) is 6.07 Å². The summed E-state index contributed by atoms with van der Waals surface area (Å²) in [5.41, 5.74) is 0.866. The summed E-state index contributed by atoms with van der Waals surface area (Å²) >= 11 is 0. The number of phenols is 3. The number of nitro benzene ring substituents is 1. The second-order valence-corrected chi connectivity index (χ2v) is 5.67. The van der Waals surface area contributed by atoms with Crippen LogP contribution in [0, 0.1) is 10.1 Å². The topological polar surface area (TPSA) is 133 Å². The SMILES string of the molecule is O=C(Nc1ccc(-c2ccccc2)cc1[N+](=O)[O-])c1cc(O)c(O)c(O)c1. The predicted octanol–water partition coefficient (Wildman–Crippen LogP) is 3.63. The molecule has 136 valence electrons. The van der Waals surface area contributed by atoms with E-state index in [1.54, 1.807) is 30.3 Å². The maximum atomic E-state index is 12.3. The highest BCUT2D eigenvalue weighted by Crippen LogP contribution is 2.36. The van der Waals surface area contributed by atoms with Gasteiger partial charge in [-0.05, 0) is 29.3 Å². The van der Waals surface area contributed by atoms with Crippen LogP contribution in [0.1, 0.15) is 10.4 Å². The Morgan fingerprint density at radius 2 is 1.52 bits per heavy atom. The molecule has 0 bridgehead atoms. The van der Waals surface area contributed by atoms with Crippen molar-refractivity contribution in [3.8, 4) is 28.4 Å². The fourth-order valence-corrected chi connectivity index (χ4v) is 2.53. The molecule has 0 atom stereocenters. The molecule has 0 aromatic heterocycles. The van der Waals surface area contributed by atoms with Crippen LogP contribution < -0.4 is 5.32 Å². The van der Waals surface area contributed by atoms with Gasteiger partial charge in [-0.2, -0.15) is 0 Å². The molecule has 0 fully saturated rings. The number of carbonyl (C=O) groups is 1. The molecule has 1 amide bonds. The quantitative estimate of drug-likeness (QED) is 0.316. The first-order valence-corrected chi connectivity index (χ1v) is 7.77. The molecule has 4 N–H and O–H groups in total. The number of aromatic hydroxyl groups is 3. The molecular weight excluding hydrogens is 352 g/mol. The molecule has 8 heteroatoms. The van der Waals surface area contributed by atoms with Crippen LogP contribution in [0.15, 0.2) is 60.7 Å². The lowest BCUT2D eigenvalue weighted by atomic mass is 10.0. The van der Waals surface area contributed by atoms with Crippen molar-refractivity contribution in [3.05, 3.63) is 76.3 Å². The van der Waals surface area contributed by atoms with E-state index < -0.39 is 28.1 Å². The monoisotopic (exact) mass is 366 g/mol. The van der Waals surface area contributed by atoms with Crippen molar-refractivity contribution in [2.45, 2.75) is 0 Å². The normalized spacial score (nSPS) is 10.4. The number of hydrogen-bond donors (Lipinski definition) is 4. The smallest absolute Gasteiger partial charge is 0.293 e. The third-order valence-electron chi connectivity index (χ3n) is 3.88. The second-order valence-electron chi connectivity index (χ2n) is 5.67. The van der Waals surface area contributed by atoms with Crippen molar-refractivity contribution in [3.63, 3.8) is 0 Å². The van der Waals surface area contributed by atoms with E-state index in [0.29, 0.717) is 5.56 Å². The van der Waals surface area contributed by atoms with Crippen molar-refractivity contribution in [2.24, 2.45) is 0 Å². The lowest BCUT2D eigenvalue weighted by molar-refractivity contribution is -0.383. The first-order valence-electron chi connectivity index (χ1n) is 7.77. The fraction of sp³-hybridized carbons (Fsp3) is 0. The maximum absolute atomic E-state index is 12.3. The molecule has 3 aromatic carbocycles. The number of phenolic OH excluding ortho intramolecular Hbond substituents is 3. The molecule has 27 heavy (non-hydrogen) atoms. The van der Waals surface area contributed by atoms with Gasteiger partial charge >= 0.3 is 0 Å². The molecule has 0 saturated carbocycles. The summed E-state index contributed by atoms with van der Waals surface area (Å²) in [6.07, 6.45) is 0. The Labute approximate surface area is 153 Å². The number of carbonyl (C=O) groups excluding carboxylic acids is 1. The van der Waals surface area contributed by atoms with E-state index in [0.717, 1.165) is 17.7 Å². The minimum Gasteiger partial charge on any atom is -0.504 e. The predicted molar refractivity (Wildman–Crippen MR) is 97.9 cm³/mol. The van der Waals surface area contributed by atoms with Gasteiger partial charge < -0.3 is 20.6 Å². The summed E-state index contributed by atoms with van der Waals surface area (Å²) in [6, 6.07) is 15.3. The van der Waals surface area contributed by atoms with Gasteiger partial charge in [-0.25, -0.2) is 0 Å². The van der Waals surface area contributed by atoms with Crippen molar-refractivity contribution < 1.29 is 25.0 Å². The molecule has 3 rings (SSSR count). The number of nitrogens with one attached hydrogen (secondary N) is 1. The van der Waals surface area contributed by atoms with Crippen LogP contribution in [0.25, 0.3) is 11.1 Å². The van der Waals surface area contributed by atoms with Crippen LogP contribution in [-0.2, 0) is 0 Å². The first kappa shape index (κ1) is 17.7. The van der Waals surface area contributed by atoms with E-state index in [1.165, 1.54) is 12.1 Å². The average molecular weight is 366 g/mol. The molecule has 0 saturated heterocycles. The zero-order valence-corrected chi connectivity index (χ0v) is 13.8. The number of anilines is 1. The van der Waals surface area contributed by atoms with E-state index in [-0.39, 0.29) is 16.9 Å². The van der Waals surface area contributed by atoms with E-state index in [4.69, 9.17) is 0 Å². The van der Waals surface area contributed by atoms with Crippen molar-refractivity contribution in [1.29, 1.82) is 0 Å².